The van der Waals surface area contributed by atoms with Crippen molar-refractivity contribution >= 4 is 39.1 Å². The molecule has 0 bridgehead atoms. The Morgan fingerprint density at radius 3 is 2.73 bits per heavy atom. The van der Waals surface area contributed by atoms with Crippen LogP contribution in [0.3, 0.4) is 0 Å². The summed E-state index contributed by atoms with van der Waals surface area (Å²) in [6.07, 6.45) is 2.82. The lowest BCUT2D eigenvalue weighted by Gasteiger charge is -2.18. The van der Waals surface area contributed by atoms with Gasteiger partial charge in [0.1, 0.15) is 5.82 Å². The second-order valence-corrected chi connectivity index (χ2v) is 7.14. The van der Waals surface area contributed by atoms with E-state index in [4.69, 9.17) is 12.2 Å². The van der Waals surface area contributed by atoms with E-state index in [1.165, 1.54) is 6.07 Å². The molecule has 1 heterocycles. The fourth-order valence-corrected chi connectivity index (χ4v) is 3.17. The van der Waals surface area contributed by atoms with Crippen molar-refractivity contribution in [3.63, 3.8) is 0 Å². The number of thiocarbonyl (C=S) groups is 1. The lowest BCUT2D eigenvalue weighted by Crippen LogP contribution is -2.32. The maximum atomic E-state index is 13.8. The predicted molar refractivity (Wildman–Crippen MR) is 112 cm³/mol. The third-order valence-corrected chi connectivity index (χ3v) is 4.90. The molecule has 2 N–H and O–H groups in total. The SMILES string of the molecule is CCN(CC)CCCNC(=S)Nc1nn(Cc2ccccc2F)cc1Br. The normalized spacial score (nSPS) is 11.0. The molecular weight excluding hydrogens is 417 g/mol. The van der Waals surface area contributed by atoms with E-state index in [1.807, 2.05) is 6.07 Å². The van der Waals surface area contributed by atoms with Gasteiger partial charge in [-0.15, -0.1) is 0 Å². The van der Waals surface area contributed by atoms with Crippen molar-refractivity contribution in [1.82, 2.24) is 20.0 Å². The molecule has 1 aromatic carbocycles. The van der Waals surface area contributed by atoms with Crippen LogP contribution in [0.2, 0.25) is 0 Å². The van der Waals surface area contributed by atoms with Crippen molar-refractivity contribution in [3.8, 4) is 0 Å². The Morgan fingerprint density at radius 1 is 1.31 bits per heavy atom. The molecule has 8 heteroatoms. The van der Waals surface area contributed by atoms with Crippen molar-refractivity contribution in [1.29, 1.82) is 0 Å². The summed E-state index contributed by atoms with van der Waals surface area (Å²) in [6.45, 7) is 8.66. The second kappa shape index (κ2) is 10.6. The molecule has 0 unspecified atom stereocenters. The summed E-state index contributed by atoms with van der Waals surface area (Å²) in [6, 6.07) is 6.69. The molecule has 142 valence electrons. The van der Waals surface area contributed by atoms with E-state index in [0.29, 0.717) is 23.0 Å². The van der Waals surface area contributed by atoms with E-state index in [1.54, 1.807) is 23.0 Å². The first-order chi connectivity index (χ1) is 12.5. The first-order valence-electron chi connectivity index (χ1n) is 8.77. The van der Waals surface area contributed by atoms with Gasteiger partial charge in [-0.25, -0.2) is 4.39 Å². The average molecular weight is 442 g/mol. The van der Waals surface area contributed by atoms with Crippen LogP contribution in [-0.2, 0) is 6.54 Å². The molecule has 1 aromatic heterocycles. The molecule has 0 saturated heterocycles. The molecule has 2 rings (SSSR count). The lowest BCUT2D eigenvalue weighted by molar-refractivity contribution is 0.300. The molecule has 0 atom stereocenters. The Balaban J connectivity index is 1.83. The molecule has 2 aromatic rings. The van der Waals surface area contributed by atoms with Gasteiger partial charge in [0.15, 0.2) is 10.9 Å². The van der Waals surface area contributed by atoms with Crippen LogP contribution in [0.4, 0.5) is 10.2 Å². The van der Waals surface area contributed by atoms with Gasteiger partial charge in [0.2, 0.25) is 0 Å². The average Bonchev–Trinajstić information content (AvgIpc) is 2.96. The van der Waals surface area contributed by atoms with Crippen LogP contribution in [0.15, 0.2) is 34.9 Å². The van der Waals surface area contributed by atoms with E-state index in [0.717, 1.165) is 37.1 Å². The summed E-state index contributed by atoms with van der Waals surface area (Å²) in [4.78, 5) is 2.37. The van der Waals surface area contributed by atoms with E-state index < -0.39 is 0 Å². The van der Waals surface area contributed by atoms with Crippen LogP contribution in [0, 0.1) is 5.82 Å². The van der Waals surface area contributed by atoms with E-state index >= 15 is 0 Å². The molecule has 5 nitrogen and oxygen atoms in total. The third kappa shape index (κ3) is 6.34. The number of benzene rings is 1. The van der Waals surface area contributed by atoms with Gasteiger partial charge in [-0.05, 0) is 60.3 Å². The van der Waals surface area contributed by atoms with Gasteiger partial charge in [0, 0.05) is 18.3 Å². The highest BCUT2D eigenvalue weighted by Crippen LogP contribution is 2.21. The van der Waals surface area contributed by atoms with Crippen LogP contribution in [-0.4, -0.2) is 46.0 Å². The molecule has 0 aliphatic carbocycles. The van der Waals surface area contributed by atoms with Crippen LogP contribution in [0.5, 0.6) is 0 Å². The van der Waals surface area contributed by atoms with Crippen molar-refractivity contribution in [2.45, 2.75) is 26.8 Å². The van der Waals surface area contributed by atoms with Gasteiger partial charge < -0.3 is 15.5 Å². The zero-order chi connectivity index (χ0) is 18.9. The Morgan fingerprint density at radius 2 is 2.04 bits per heavy atom. The Kier molecular flexibility index (Phi) is 8.47. The van der Waals surface area contributed by atoms with Gasteiger partial charge in [-0.3, -0.25) is 4.68 Å². The number of halogens is 2. The van der Waals surface area contributed by atoms with Gasteiger partial charge in [0.05, 0.1) is 11.0 Å². The standard InChI is InChI=1S/C18H25BrFN5S/c1-3-24(4-2)11-7-10-21-18(26)22-17-15(19)13-25(23-17)12-14-8-5-6-9-16(14)20/h5-6,8-9,13H,3-4,7,10-12H2,1-2H3,(H2,21,22,23,26). The Labute approximate surface area is 168 Å². The third-order valence-electron chi connectivity index (χ3n) is 4.07. The summed E-state index contributed by atoms with van der Waals surface area (Å²) in [5.74, 6) is 0.376. The molecule has 0 radical (unpaired) electrons. The number of anilines is 1. The summed E-state index contributed by atoms with van der Waals surface area (Å²) in [5, 5.41) is 11.2. The highest BCUT2D eigenvalue weighted by Gasteiger charge is 2.10. The van der Waals surface area contributed by atoms with E-state index in [9.17, 15) is 4.39 Å². The Hall–Kier alpha value is -1.51. The van der Waals surface area contributed by atoms with Gasteiger partial charge in [0.25, 0.3) is 0 Å². The molecule has 0 aliphatic heterocycles. The lowest BCUT2D eigenvalue weighted by atomic mass is 10.2. The fourth-order valence-electron chi connectivity index (χ4n) is 2.56. The number of aromatic nitrogens is 2. The smallest absolute Gasteiger partial charge is 0.172 e. The maximum Gasteiger partial charge on any atom is 0.172 e. The van der Waals surface area contributed by atoms with Crippen LogP contribution < -0.4 is 10.6 Å². The summed E-state index contributed by atoms with van der Waals surface area (Å²) >= 11 is 8.79. The summed E-state index contributed by atoms with van der Waals surface area (Å²) in [5.41, 5.74) is 0.589. The first-order valence-corrected chi connectivity index (χ1v) is 9.97. The zero-order valence-corrected chi connectivity index (χ0v) is 17.5. The van der Waals surface area contributed by atoms with Gasteiger partial charge in [-0.1, -0.05) is 32.0 Å². The molecular formula is C18H25BrFN5S. The second-order valence-electron chi connectivity index (χ2n) is 5.88. The van der Waals surface area contributed by atoms with Crippen molar-refractivity contribution in [2.24, 2.45) is 0 Å². The highest BCUT2D eigenvalue weighted by molar-refractivity contribution is 9.10. The molecule has 0 aliphatic rings. The number of hydrogen-bond acceptors (Lipinski definition) is 3. The van der Waals surface area contributed by atoms with E-state index in [2.05, 4.69) is 50.4 Å². The van der Waals surface area contributed by atoms with Crippen LogP contribution in [0.1, 0.15) is 25.8 Å². The maximum absolute atomic E-state index is 13.8. The summed E-state index contributed by atoms with van der Waals surface area (Å²) < 4.78 is 16.2. The quantitative estimate of drug-likeness (QED) is 0.456. The minimum Gasteiger partial charge on any atom is -0.362 e. The minimum absolute atomic E-state index is 0.237. The first kappa shape index (κ1) is 20.8. The molecule has 0 fully saturated rings. The minimum atomic E-state index is -0.237. The number of rotatable bonds is 9. The fraction of sp³-hybridized carbons (Fsp3) is 0.444. The van der Waals surface area contributed by atoms with Crippen LogP contribution >= 0.6 is 28.1 Å². The number of nitrogens with zero attached hydrogens (tertiary/aromatic N) is 3. The highest BCUT2D eigenvalue weighted by atomic mass is 79.9. The summed E-state index contributed by atoms with van der Waals surface area (Å²) in [7, 11) is 0. The van der Waals surface area contributed by atoms with Crippen molar-refractivity contribution in [3.05, 3.63) is 46.3 Å². The predicted octanol–water partition coefficient (Wildman–Crippen LogP) is 3.85. The van der Waals surface area contributed by atoms with Gasteiger partial charge >= 0.3 is 0 Å². The molecule has 0 saturated carbocycles. The molecule has 0 spiro atoms. The monoisotopic (exact) mass is 441 g/mol. The Bertz CT molecular complexity index is 717. The zero-order valence-electron chi connectivity index (χ0n) is 15.1. The number of hydrogen-bond donors (Lipinski definition) is 2. The van der Waals surface area contributed by atoms with Crippen LogP contribution in [0.25, 0.3) is 0 Å². The van der Waals surface area contributed by atoms with E-state index in [-0.39, 0.29) is 5.82 Å². The number of nitrogens with one attached hydrogen (secondary N) is 2. The topological polar surface area (TPSA) is 45.1 Å². The molecule has 0 amide bonds. The largest absolute Gasteiger partial charge is 0.362 e. The van der Waals surface area contributed by atoms with Crippen molar-refractivity contribution in [2.75, 3.05) is 31.5 Å². The van der Waals surface area contributed by atoms with Crippen molar-refractivity contribution < 1.29 is 4.39 Å². The van der Waals surface area contributed by atoms with Gasteiger partial charge in [-0.2, -0.15) is 5.10 Å². The molecule has 26 heavy (non-hydrogen) atoms.